The summed E-state index contributed by atoms with van der Waals surface area (Å²) in [6.07, 6.45) is 4.29. The van der Waals surface area contributed by atoms with Crippen LogP contribution in [0.5, 0.6) is 0 Å². The molecule has 1 aromatic rings. The summed E-state index contributed by atoms with van der Waals surface area (Å²) in [6.45, 7) is 0.415. The third-order valence-corrected chi connectivity index (χ3v) is 3.60. The fourth-order valence-electron chi connectivity index (χ4n) is 2.65. The molecule has 0 saturated heterocycles. The average Bonchev–Trinajstić information content (AvgIpc) is 2.73. The second-order valence-electron chi connectivity index (χ2n) is 4.85. The summed E-state index contributed by atoms with van der Waals surface area (Å²) in [4.78, 5) is 6.25. The number of benzene rings is 1. The van der Waals surface area contributed by atoms with Crippen molar-refractivity contribution in [2.45, 2.75) is 44.4 Å². The molecule has 2 atom stereocenters. The molecule has 0 spiro atoms. The van der Waals surface area contributed by atoms with Crippen molar-refractivity contribution in [2.24, 2.45) is 5.11 Å². The lowest BCUT2D eigenvalue weighted by molar-refractivity contribution is -0.757. The summed E-state index contributed by atoms with van der Waals surface area (Å²) in [5.41, 5.74) is 1.06. The number of hydrogen-bond donors (Lipinski definition) is 0. The van der Waals surface area contributed by atoms with E-state index >= 15 is 0 Å². The van der Waals surface area contributed by atoms with Gasteiger partial charge in [-0.15, -0.1) is 0 Å². The Labute approximate surface area is 106 Å². The lowest BCUT2D eigenvalue weighted by Gasteiger charge is -2.24. The maximum atomic E-state index is 11.7. The summed E-state index contributed by atoms with van der Waals surface area (Å²) in [7, 11) is 0. The normalized spacial score (nSPS) is 26.9. The Balaban J connectivity index is 1.64. The zero-order chi connectivity index (χ0) is 12.4. The predicted octanol–water partition coefficient (Wildman–Crippen LogP) is 2.62. The molecule has 1 aliphatic heterocycles. The van der Waals surface area contributed by atoms with Crippen LogP contribution in [0.2, 0.25) is 0 Å². The Morgan fingerprint density at radius 3 is 2.89 bits per heavy atom. The first-order chi connectivity index (χ1) is 8.84. The molecule has 0 aromatic heterocycles. The van der Waals surface area contributed by atoms with E-state index in [0.717, 1.165) is 31.2 Å². The minimum Gasteiger partial charge on any atom is -0.570 e. The third kappa shape index (κ3) is 2.18. The van der Waals surface area contributed by atoms with Gasteiger partial charge in [0.05, 0.1) is 4.97 Å². The predicted molar refractivity (Wildman–Crippen MR) is 65.2 cm³/mol. The van der Waals surface area contributed by atoms with Gasteiger partial charge in [-0.1, -0.05) is 43.2 Å². The van der Waals surface area contributed by atoms with E-state index in [4.69, 9.17) is 4.84 Å². The van der Waals surface area contributed by atoms with E-state index in [1.165, 1.54) is 5.17 Å². The number of rotatable bonds is 3. The van der Waals surface area contributed by atoms with Crippen molar-refractivity contribution in [3.63, 3.8) is 0 Å². The van der Waals surface area contributed by atoms with Crippen LogP contribution in [0.3, 0.4) is 0 Å². The highest BCUT2D eigenvalue weighted by molar-refractivity contribution is 5.13. The summed E-state index contributed by atoms with van der Waals surface area (Å²) >= 11 is 0. The Morgan fingerprint density at radius 2 is 2.06 bits per heavy atom. The molecular weight excluding hydrogens is 230 g/mol. The lowest BCUT2D eigenvalue weighted by atomic mass is 9.92. The van der Waals surface area contributed by atoms with Crippen LogP contribution in [0.25, 0.3) is 0 Å². The smallest absolute Gasteiger partial charge is 0.147 e. The second-order valence-corrected chi connectivity index (χ2v) is 4.85. The van der Waals surface area contributed by atoms with Gasteiger partial charge in [-0.3, -0.25) is 0 Å². The van der Waals surface area contributed by atoms with E-state index in [1.54, 1.807) is 0 Å². The molecule has 0 bridgehead atoms. The highest BCUT2D eigenvalue weighted by Crippen LogP contribution is 2.30. The minimum atomic E-state index is 0.118. The summed E-state index contributed by atoms with van der Waals surface area (Å²) in [5.74, 6) is 0. The molecular formula is C13H17N3O2. The first-order valence-corrected chi connectivity index (χ1v) is 6.48. The quantitative estimate of drug-likeness (QED) is 0.609. The molecule has 2 aliphatic rings. The Hall–Kier alpha value is -1.62. The van der Waals surface area contributed by atoms with Crippen LogP contribution in [-0.2, 0) is 11.4 Å². The zero-order valence-corrected chi connectivity index (χ0v) is 10.2. The van der Waals surface area contributed by atoms with Crippen molar-refractivity contribution in [3.05, 3.63) is 41.1 Å². The van der Waals surface area contributed by atoms with Crippen molar-refractivity contribution in [2.75, 3.05) is 0 Å². The Morgan fingerprint density at radius 1 is 1.28 bits per heavy atom. The van der Waals surface area contributed by atoms with Gasteiger partial charge in [0.2, 0.25) is 0 Å². The molecule has 96 valence electrons. The zero-order valence-electron chi connectivity index (χ0n) is 10.2. The molecule has 0 radical (unpaired) electrons. The summed E-state index contributed by atoms with van der Waals surface area (Å²) < 4.78 is 0. The fraction of sp³-hybridized carbons (Fsp3) is 0.538. The van der Waals surface area contributed by atoms with Crippen LogP contribution in [-0.4, -0.2) is 22.2 Å². The molecule has 5 nitrogen and oxygen atoms in total. The molecule has 1 fully saturated rings. The van der Waals surface area contributed by atoms with Gasteiger partial charge in [-0.25, -0.2) is 4.84 Å². The van der Waals surface area contributed by atoms with Crippen LogP contribution < -0.4 is 0 Å². The van der Waals surface area contributed by atoms with Gasteiger partial charge in [-0.05, 0) is 23.6 Å². The molecule has 0 N–H and O–H groups in total. The Bertz CT molecular complexity index is 435. The SMILES string of the molecule is [O-][N+]1=NC2CCCCC2N1OCc1ccccc1. The fourth-order valence-corrected chi connectivity index (χ4v) is 2.65. The highest BCUT2D eigenvalue weighted by atomic mass is 16.8. The highest BCUT2D eigenvalue weighted by Gasteiger charge is 2.43. The van der Waals surface area contributed by atoms with E-state index < -0.39 is 0 Å². The molecule has 3 rings (SSSR count). The maximum Gasteiger partial charge on any atom is 0.147 e. The van der Waals surface area contributed by atoms with Gasteiger partial charge < -0.3 is 5.21 Å². The van der Waals surface area contributed by atoms with E-state index in [-0.39, 0.29) is 12.1 Å². The molecule has 1 aromatic carbocycles. The maximum absolute atomic E-state index is 11.7. The average molecular weight is 247 g/mol. The first-order valence-electron chi connectivity index (χ1n) is 6.48. The monoisotopic (exact) mass is 247 g/mol. The van der Waals surface area contributed by atoms with Crippen molar-refractivity contribution in [1.82, 2.24) is 5.17 Å². The molecule has 5 heteroatoms. The van der Waals surface area contributed by atoms with Crippen LogP contribution in [0.4, 0.5) is 0 Å². The van der Waals surface area contributed by atoms with E-state index in [0.29, 0.717) is 11.6 Å². The summed E-state index contributed by atoms with van der Waals surface area (Å²) in [6, 6.07) is 10.1. The molecule has 1 heterocycles. The number of hydroxylamine groups is 1. The molecule has 0 amide bonds. The first kappa shape index (κ1) is 11.5. The number of nitrogens with zero attached hydrogens (tertiary/aromatic N) is 3. The third-order valence-electron chi connectivity index (χ3n) is 3.60. The van der Waals surface area contributed by atoms with Gasteiger partial charge in [0.25, 0.3) is 0 Å². The molecule has 18 heavy (non-hydrogen) atoms. The van der Waals surface area contributed by atoms with E-state index in [2.05, 4.69) is 5.11 Å². The lowest BCUT2D eigenvalue weighted by Crippen LogP contribution is -2.41. The van der Waals surface area contributed by atoms with Crippen molar-refractivity contribution < 1.29 is 9.81 Å². The molecule has 1 saturated carbocycles. The van der Waals surface area contributed by atoms with Gasteiger partial charge in [0, 0.05) is 5.11 Å². The van der Waals surface area contributed by atoms with Gasteiger partial charge in [0.15, 0.2) is 0 Å². The van der Waals surface area contributed by atoms with Crippen LogP contribution in [0.15, 0.2) is 35.4 Å². The minimum absolute atomic E-state index is 0.118. The van der Waals surface area contributed by atoms with Crippen molar-refractivity contribution in [3.8, 4) is 0 Å². The molecule has 2 unspecified atom stereocenters. The number of hydrazine groups is 1. The van der Waals surface area contributed by atoms with Crippen molar-refractivity contribution in [1.29, 1.82) is 0 Å². The largest absolute Gasteiger partial charge is 0.570 e. The molecule has 1 aliphatic carbocycles. The van der Waals surface area contributed by atoms with Gasteiger partial charge in [-0.2, -0.15) is 0 Å². The van der Waals surface area contributed by atoms with Crippen LogP contribution in [0.1, 0.15) is 31.2 Å². The van der Waals surface area contributed by atoms with Crippen LogP contribution in [0, 0.1) is 5.21 Å². The van der Waals surface area contributed by atoms with Gasteiger partial charge >= 0.3 is 0 Å². The van der Waals surface area contributed by atoms with Crippen LogP contribution >= 0.6 is 0 Å². The van der Waals surface area contributed by atoms with Crippen molar-refractivity contribution >= 4 is 0 Å². The number of fused-ring (bicyclic) bond motifs is 1. The van der Waals surface area contributed by atoms with E-state index in [9.17, 15) is 5.21 Å². The summed E-state index contributed by atoms with van der Waals surface area (Å²) in [5, 5.41) is 17.2. The standard InChI is InChI=1S/C13H17N3O2/c17-16-14-12-8-4-5-9-13(12)15(16)18-10-11-6-2-1-3-7-11/h1-3,6-7,12-13H,4-5,8-10H2. The topological polar surface area (TPSA) is 50.9 Å². The number of hydrogen-bond acceptors (Lipinski definition) is 4. The van der Waals surface area contributed by atoms with E-state index in [1.807, 2.05) is 30.3 Å². The second kappa shape index (κ2) is 4.94. The Kier molecular flexibility index (Phi) is 3.15. The van der Waals surface area contributed by atoms with Gasteiger partial charge in [0.1, 0.15) is 18.7 Å².